The van der Waals surface area contributed by atoms with E-state index in [0.717, 1.165) is 5.92 Å². The smallest absolute Gasteiger partial charge is 0.0417 e. The highest BCUT2D eigenvalue weighted by Gasteiger charge is 2.01. The molecule has 0 heteroatoms. The van der Waals surface area contributed by atoms with Crippen LogP contribution in [0.4, 0.5) is 0 Å². The lowest BCUT2D eigenvalue weighted by atomic mass is 9.96. The Labute approximate surface area is 89.1 Å². The minimum atomic E-state index is 0. The maximum absolute atomic E-state index is 2.30. The first-order chi connectivity index (χ1) is 4.35. The van der Waals surface area contributed by atoms with Crippen LogP contribution in [0.1, 0.15) is 82.6 Å². The average molecular weight is 192 g/mol. The molecule has 0 heterocycles. The van der Waals surface area contributed by atoms with E-state index < -0.39 is 0 Å². The predicted molar refractivity (Wildman–Crippen MR) is 70.5 cm³/mol. The topological polar surface area (TPSA) is 0 Å². The molecule has 0 radical (unpaired) electrons. The first kappa shape index (κ1) is 29.2. The fourth-order valence-corrected chi connectivity index (χ4v) is 1.37. The molecule has 0 aromatic carbocycles. The van der Waals surface area contributed by atoms with E-state index in [0.29, 0.717) is 0 Å². The molecule has 0 fully saturated rings. The highest BCUT2D eigenvalue weighted by molar-refractivity contribution is 4.54. The van der Waals surface area contributed by atoms with Gasteiger partial charge in [0.05, 0.1) is 0 Å². The SMILES string of the molecule is C.C.C.C.CCCC(CC)CCC. The average Bonchev–Trinajstić information content (AvgIpc) is 1.88. The zero-order chi connectivity index (χ0) is 7.11. The molecule has 0 unspecified atom stereocenters. The van der Waals surface area contributed by atoms with Crippen molar-refractivity contribution in [3.8, 4) is 0 Å². The van der Waals surface area contributed by atoms with E-state index in [2.05, 4.69) is 20.8 Å². The summed E-state index contributed by atoms with van der Waals surface area (Å²) in [6.45, 7) is 6.85. The van der Waals surface area contributed by atoms with Gasteiger partial charge in [-0.2, -0.15) is 0 Å². The zero-order valence-electron chi connectivity index (χ0n) is 7.11. The van der Waals surface area contributed by atoms with Crippen molar-refractivity contribution in [1.82, 2.24) is 0 Å². The van der Waals surface area contributed by atoms with Crippen LogP contribution in [0.2, 0.25) is 0 Å². The minimum absolute atomic E-state index is 0. The molecule has 0 nitrogen and oxygen atoms in total. The van der Waals surface area contributed by atoms with Crippen LogP contribution in [0.15, 0.2) is 0 Å². The Morgan fingerprint density at radius 2 is 1.00 bits per heavy atom. The molecule has 13 heavy (non-hydrogen) atoms. The molecule has 0 rings (SSSR count). The van der Waals surface area contributed by atoms with Crippen LogP contribution in [0.5, 0.6) is 0 Å². The number of hydrogen-bond donors (Lipinski definition) is 0. The molecule has 0 atom stereocenters. The molecule has 0 spiro atoms. The molecular formula is C13H36. The van der Waals surface area contributed by atoms with Gasteiger partial charge < -0.3 is 0 Å². The van der Waals surface area contributed by atoms with Gasteiger partial charge in [0.25, 0.3) is 0 Å². The third-order valence-corrected chi connectivity index (χ3v) is 1.97. The van der Waals surface area contributed by atoms with Gasteiger partial charge in [-0.1, -0.05) is 82.6 Å². The summed E-state index contributed by atoms with van der Waals surface area (Å²) in [5.74, 6) is 1.01. The third-order valence-electron chi connectivity index (χ3n) is 1.97. The highest BCUT2D eigenvalue weighted by atomic mass is 14.1. The lowest BCUT2D eigenvalue weighted by Gasteiger charge is -2.10. The van der Waals surface area contributed by atoms with E-state index in [1.807, 2.05) is 0 Å². The maximum Gasteiger partial charge on any atom is -0.0417 e. The fraction of sp³-hybridized carbons (Fsp3) is 1.00. The Kier molecular flexibility index (Phi) is 51.0. The summed E-state index contributed by atoms with van der Waals surface area (Å²) in [6, 6.07) is 0. The Balaban J connectivity index is -0.0000000533. The van der Waals surface area contributed by atoms with E-state index in [4.69, 9.17) is 0 Å². The Bertz CT molecular complexity index is 42.0. The summed E-state index contributed by atoms with van der Waals surface area (Å²) in [5.41, 5.74) is 0. The van der Waals surface area contributed by atoms with Crippen LogP contribution in [0.3, 0.4) is 0 Å². The molecule has 0 aromatic rings. The summed E-state index contributed by atoms with van der Waals surface area (Å²) in [6.07, 6.45) is 6.97. The van der Waals surface area contributed by atoms with Crippen molar-refractivity contribution in [3.63, 3.8) is 0 Å². The van der Waals surface area contributed by atoms with Gasteiger partial charge in [0.2, 0.25) is 0 Å². The van der Waals surface area contributed by atoms with E-state index in [9.17, 15) is 0 Å². The van der Waals surface area contributed by atoms with Gasteiger partial charge >= 0.3 is 0 Å². The van der Waals surface area contributed by atoms with Gasteiger partial charge in [-0.3, -0.25) is 0 Å². The quantitative estimate of drug-likeness (QED) is 0.489. The third kappa shape index (κ3) is 18.8. The van der Waals surface area contributed by atoms with Crippen molar-refractivity contribution >= 4 is 0 Å². The molecule has 0 saturated carbocycles. The molecule has 0 aliphatic rings. The molecule has 0 aliphatic heterocycles. The molecule has 0 aliphatic carbocycles. The van der Waals surface area contributed by atoms with Crippen LogP contribution in [-0.4, -0.2) is 0 Å². The highest BCUT2D eigenvalue weighted by Crippen LogP contribution is 2.16. The molecule has 0 bridgehead atoms. The van der Waals surface area contributed by atoms with E-state index in [1.54, 1.807) is 0 Å². The van der Waals surface area contributed by atoms with Crippen molar-refractivity contribution < 1.29 is 0 Å². The Morgan fingerprint density at radius 3 is 1.15 bits per heavy atom. The van der Waals surface area contributed by atoms with E-state index in [-0.39, 0.29) is 29.7 Å². The normalized spacial score (nSPS) is 7.38. The van der Waals surface area contributed by atoms with E-state index >= 15 is 0 Å². The fourth-order valence-electron chi connectivity index (χ4n) is 1.37. The first-order valence-corrected chi connectivity index (χ1v) is 4.35. The Morgan fingerprint density at radius 1 is 0.692 bits per heavy atom. The lowest BCUT2D eigenvalue weighted by molar-refractivity contribution is 0.427. The van der Waals surface area contributed by atoms with Crippen LogP contribution in [-0.2, 0) is 0 Å². The van der Waals surface area contributed by atoms with Crippen molar-refractivity contribution in [2.75, 3.05) is 0 Å². The number of hydrogen-bond acceptors (Lipinski definition) is 0. The van der Waals surface area contributed by atoms with Gasteiger partial charge in [-0.25, -0.2) is 0 Å². The van der Waals surface area contributed by atoms with Crippen molar-refractivity contribution in [2.45, 2.75) is 82.6 Å². The zero-order valence-corrected chi connectivity index (χ0v) is 7.11. The largest absolute Gasteiger partial charge is 0.0776 e. The molecule has 0 amide bonds. The summed E-state index contributed by atoms with van der Waals surface area (Å²) >= 11 is 0. The summed E-state index contributed by atoms with van der Waals surface area (Å²) in [7, 11) is 0. The minimum Gasteiger partial charge on any atom is -0.0776 e. The molecular weight excluding hydrogens is 156 g/mol. The van der Waals surface area contributed by atoms with Crippen molar-refractivity contribution in [1.29, 1.82) is 0 Å². The van der Waals surface area contributed by atoms with Gasteiger partial charge in [0.15, 0.2) is 0 Å². The van der Waals surface area contributed by atoms with E-state index in [1.165, 1.54) is 32.1 Å². The van der Waals surface area contributed by atoms with Crippen LogP contribution >= 0.6 is 0 Å². The molecule has 0 saturated heterocycles. The van der Waals surface area contributed by atoms with Gasteiger partial charge in [0, 0.05) is 0 Å². The van der Waals surface area contributed by atoms with Crippen LogP contribution in [0, 0.1) is 5.92 Å². The number of rotatable bonds is 5. The summed E-state index contributed by atoms with van der Waals surface area (Å²) < 4.78 is 0. The monoisotopic (exact) mass is 192 g/mol. The first-order valence-electron chi connectivity index (χ1n) is 4.35. The maximum atomic E-state index is 2.30. The second kappa shape index (κ2) is 22.7. The second-order valence-electron chi connectivity index (χ2n) is 2.85. The van der Waals surface area contributed by atoms with Gasteiger partial charge in [0.1, 0.15) is 0 Å². The van der Waals surface area contributed by atoms with Crippen molar-refractivity contribution in [2.24, 2.45) is 5.92 Å². The van der Waals surface area contributed by atoms with Gasteiger partial charge in [-0.15, -0.1) is 0 Å². The van der Waals surface area contributed by atoms with Crippen LogP contribution < -0.4 is 0 Å². The summed E-state index contributed by atoms with van der Waals surface area (Å²) in [5, 5.41) is 0. The predicted octanol–water partition coefficient (Wildman–Crippen LogP) is 6.16. The molecule has 88 valence electrons. The lowest BCUT2D eigenvalue weighted by Crippen LogP contribution is -1.96. The molecule has 0 aromatic heterocycles. The second-order valence-corrected chi connectivity index (χ2v) is 2.85. The van der Waals surface area contributed by atoms with Crippen molar-refractivity contribution in [3.05, 3.63) is 0 Å². The molecule has 0 N–H and O–H groups in total. The Hall–Kier alpha value is 0. The summed E-state index contributed by atoms with van der Waals surface area (Å²) in [4.78, 5) is 0. The van der Waals surface area contributed by atoms with Crippen LogP contribution in [0.25, 0.3) is 0 Å². The van der Waals surface area contributed by atoms with Gasteiger partial charge in [-0.05, 0) is 5.92 Å². The standard InChI is InChI=1S/C9H20.4CH4/c1-4-7-9(6-3)8-5-2;;;;/h9H,4-8H2,1-3H3;4*1H4.